The van der Waals surface area contributed by atoms with Crippen LogP contribution in [0.1, 0.15) is 32.0 Å². The van der Waals surface area contributed by atoms with E-state index in [0.29, 0.717) is 42.5 Å². The topological polar surface area (TPSA) is 94.0 Å². The lowest BCUT2D eigenvalue weighted by Crippen LogP contribution is -2.32. The molecule has 0 unspecified atom stereocenters. The molecule has 6 nitrogen and oxygen atoms in total. The van der Waals surface area contributed by atoms with E-state index in [1.165, 1.54) is 0 Å². The van der Waals surface area contributed by atoms with Crippen molar-refractivity contribution in [2.75, 3.05) is 0 Å². The van der Waals surface area contributed by atoms with E-state index in [1.807, 2.05) is 19.1 Å². The van der Waals surface area contributed by atoms with Gasteiger partial charge in [0, 0.05) is 10.6 Å². The summed E-state index contributed by atoms with van der Waals surface area (Å²) < 4.78 is 1.62. The lowest BCUT2D eigenvalue weighted by atomic mass is 10.1. The van der Waals surface area contributed by atoms with Crippen molar-refractivity contribution >= 4 is 17.5 Å². The van der Waals surface area contributed by atoms with Gasteiger partial charge in [-0.3, -0.25) is 4.79 Å². The summed E-state index contributed by atoms with van der Waals surface area (Å²) in [5.74, 6) is 0.662. The number of nitrogens with two attached hydrogens (primary N) is 1. The second kappa shape index (κ2) is 5.94. The van der Waals surface area contributed by atoms with Crippen LogP contribution in [0.5, 0.6) is 0 Å². The van der Waals surface area contributed by atoms with Gasteiger partial charge in [-0.15, -0.1) is 0 Å². The van der Waals surface area contributed by atoms with Gasteiger partial charge in [-0.2, -0.15) is 5.10 Å². The molecule has 0 radical (unpaired) electrons. The lowest BCUT2D eigenvalue weighted by Gasteiger charge is -2.14. The molecule has 1 aliphatic rings. The average molecular weight is 335 g/mol. The summed E-state index contributed by atoms with van der Waals surface area (Å²) in [5.41, 5.74) is 5.63. The minimum absolute atomic E-state index is 0.293. The molecule has 1 aliphatic carbocycles. The fraction of sp³-hybridized carbons (Fsp3) is 0.438. The van der Waals surface area contributed by atoms with E-state index in [-0.39, 0.29) is 5.91 Å². The van der Waals surface area contributed by atoms with Crippen LogP contribution in [0.4, 0.5) is 0 Å². The number of carbonyl (C=O) groups excluding carboxylic acids is 1. The highest BCUT2D eigenvalue weighted by molar-refractivity contribution is 6.30. The summed E-state index contributed by atoms with van der Waals surface area (Å²) in [5, 5.41) is 15.1. The molecular weight excluding hydrogens is 316 g/mol. The van der Waals surface area contributed by atoms with Crippen LogP contribution < -0.4 is 5.73 Å². The van der Waals surface area contributed by atoms with Gasteiger partial charge in [-0.05, 0) is 43.5 Å². The van der Waals surface area contributed by atoms with E-state index in [1.54, 1.807) is 16.8 Å². The third-order valence-corrected chi connectivity index (χ3v) is 4.53. The van der Waals surface area contributed by atoms with Gasteiger partial charge in [-0.25, -0.2) is 9.67 Å². The Balaban J connectivity index is 2.03. The highest BCUT2D eigenvalue weighted by Gasteiger charge is 2.54. The van der Waals surface area contributed by atoms with Gasteiger partial charge < -0.3 is 10.8 Å². The molecule has 1 saturated carbocycles. The number of amides is 1. The average Bonchev–Trinajstić information content (AvgIpc) is 3.24. The number of nitrogens with zero attached hydrogens (tertiary/aromatic N) is 3. The SMILES string of the molecule is CC[C@H](O)Cn1nc(-c2ccc(Cl)cc2)nc1C1(C(N)=O)CC1. The number of rotatable bonds is 6. The number of carbonyl (C=O) groups is 1. The Morgan fingerprint density at radius 2 is 2.09 bits per heavy atom. The molecule has 1 atom stereocenters. The van der Waals surface area contributed by atoms with Crippen LogP contribution in [-0.2, 0) is 16.8 Å². The Bertz CT molecular complexity index is 722. The van der Waals surface area contributed by atoms with Crippen LogP contribution in [0, 0.1) is 0 Å². The van der Waals surface area contributed by atoms with Gasteiger partial charge in [0.1, 0.15) is 11.2 Å². The number of hydrogen-bond acceptors (Lipinski definition) is 4. The summed E-state index contributed by atoms with van der Waals surface area (Å²) in [6, 6.07) is 7.18. The number of primary amides is 1. The van der Waals surface area contributed by atoms with Crippen molar-refractivity contribution in [3.05, 3.63) is 35.1 Å². The highest BCUT2D eigenvalue weighted by Crippen LogP contribution is 2.47. The molecule has 122 valence electrons. The van der Waals surface area contributed by atoms with Gasteiger partial charge in [0.25, 0.3) is 0 Å². The number of aromatic nitrogens is 3. The summed E-state index contributed by atoms with van der Waals surface area (Å²) in [7, 11) is 0. The van der Waals surface area contributed by atoms with Crippen molar-refractivity contribution in [2.45, 2.75) is 44.2 Å². The molecule has 0 spiro atoms. The summed E-state index contributed by atoms with van der Waals surface area (Å²) in [6.45, 7) is 2.18. The third-order valence-electron chi connectivity index (χ3n) is 4.28. The van der Waals surface area contributed by atoms with Gasteiger partial charge in [0.15, 0.2) is 5.82 Å². The largest absolute Gasteiger partial charge is 0.391 e. The summed E-state index contributed by atoms with van der Waals surface area (Å²) in [4.78, 5) is 16.4. The van der Waals surface area contributed by atoms with E-state index >= 15 is 0 Å². The molecule has 1 amide bonds. The van der Waals surface area contributed by atoms with Gasteiger partial charge in [0.2, 0.25) is 5.91 Å². The normalized spacial score (nSPS) is 17.0. The number of aliphatic hydroxyl groups is 1. The standard InChI is InChI=1S/C16H19ClN4O2/c1-2-12(22)9-21-15(16(7-8-16)14(18)23)19-13(20-21)10-3-5-11(17)6-4-10/h3-6,12,22H,2,7-9H2,1H3,(H2,18,23)/t12-/m0/s1. The summed E-state index contributed by atoms with van der Waals surface area (Å²) >= 11 is 5.91. The number of aliphatic hydroxyl groups excluding tert-OH is 1. The Kier molecular flexibility index (Phi) is 4.12. The van der Waals surface area contributed by atoms with E-state index in [0.717, 1.165) is 5.56 Å². The molecule has 0 aliphatic heterocycles. The van der Waals surface area contributed by atoms with Gasteiger partial charge in [-0.1, -0.05) is 18.5 Å². The van der Waals surface area contributed by atoms with Crippen LogP contribution in [0.25, 0.3) is 11.4 Å². The Labute approximate surface area is 139 Å². The fourth-order valence-electron chi connectivity index (χ4n) is 2.58. The van der Waals surface area contributed by atoms with Crippen molar-refractivity contribution in [1.82, 2.24) is 14.8 Å². The minimum Gasteiger partial charge on any atom is -0.391 e. The van der Waals surface area contributed by atoms with Gasteiger partial charge >= 0.3 is 0 Å². The smallest absolute Gasteiger partial charge is 0.231 e. The van der Waals surface area contributed by atoms with Crippen LogP contribution in [0.3, 0.4) is 0 Å². The zero-order valence-corrected chi connectivity index (χ0v) is 13.6. The van der Waals surface area contributed by atoms with Crippen LogP contribution >= 0.6 is 11.6 Å². The van der Waals surface area contributed by atoms with Crippen molar-refractivity contribution in [2.24, 2.45) is 5.73 Å². The predicted octanol–water partition coefficient (Wildman–Crippen LogP) is 1.89. The van der Waals surface area contributed by atoms with E-state index in [9.17, 15) is 9.90 Å². The molecule has 2 aromatic rings. The van der Waals surface area contributed by atoms with Crippen LogP contribution in [0.15, 0.2) is 24.3 Å². The van der Waals surface area contributed by atoms with Crippen LogP contribution in [-0.4, -0.2) is 31.9 Å². The highest BCUT2D eigenvalue weighted by atomic mass is 35.5. The maximum absolute atomic E-state index is 11.8. The maximum atomic E-state index is 11.8. The molecule has 1 fully saturated rings. The molecular formula is C16H19ClN4O2. The molecule has 0 saturated heterocycles. The lowest BCUT2D eigenvalue weighted by molar-refractivity contribution is -0.120. The van der Waals surface area contributed by atoms with E-state index in [2.05, 4.69) is 10.1 Å². The van der Waals surface area contributed by atoms with Crippen molar-refractivity contribution < 1.29 is 9.90 Å². The zero-order chi connectivity index (χ0) is 16.6. The second-order valence-electron chi connectivity index (χ2n) is 5.96. The minimum atomic E-state index is -0.745. The van der Waals surface area contributed by atoms with Crippen molar-refractivity contribution in [3.8, 4) is 11.4 Å². The summed E-state index contributed by atoms with van der Waals surface area (Å²) in [6.07, 6.45) is 1.39. The zero-order valence-electron chi connectivity index (χ0n) is 12.9. The fourth-order valence-corrected chi connectivity index (χ4v) is 2.70. The van der Waals surface area contributed by atoms with Crippen LogP contribution in [0.2, 0.25) is 5.02 Å². The van der Waals surface area contributed by atoms with Crippen molar-refractivity contribution in [3.63, 3.8) is 0 Å². The molecule has 1 heterocycles. The van der Waals surface area contributed by atoms with Gasteiger partial charge in [0.05, 0.1) is 12.6 Å². The first-order chi connectivity index (χ1) is 11.0. The molecule has 0 bridgehead atoms. The van der Waals surface area contributed by atoms with E-state index in [4.69, 9.17) is 17.3 Å². The van der Waals surface area contributed by atoms with Crippen molar-refractivity contribution in [1.29, 1.82) is 0 Å². The molecule has 3 N–H and O–H groups in total. The molecule has 1 aromatic carbocycles. The number of hydrogen-bond donors (Lipinski definition) is 2. The Morgan fingerprint density at radius 1 is 1.43 bits per heavy atom. The van der Waals surface area contributed by atoms with E-state index < -0.39 is 11.5 Å². The first-order valence-electron chi connectivity index (χ1n) is 7.65. The predicted molar refractivity (Wildman–Crippen MR) is 86.9 cm³/mol. The monoisotopic (exact) mass is 334 g/mol. The molecule has 1 aromatic heterocycles. The first-order valence-corrected chi connectivity index (χ1v) is 8.03. The Hall–Kier alpha value is -1.92. The second-order valence-corrected chi connectivity index (χ2v) is 6.39. The maximum Gasteiger partial charge on any atom is 0.231 e. The number of benzene rings is 1. The first kappa shape index (κ1) is 16.0. The molecule has 3 rings (SSSR count). The molecule has 7 heteroatoms. The Morgan fingerprint density at radius 3 is 2.61 bits per heavy atom. The third kappa shape index (κ3) is 2.96. The quantitative estimate of drug-likeness (QED) is 0.843. The molecule has 23 heavy (non-hydrogen) atoms. The number of halogens is 1.